The Hall–Kier alpha value is -1.90. The van der Waals surface area contributed by atoms with Crippen LogP contribution in [-0.2, 0) is 21.2 Å². The lowest BCUT2D eigenvalue weighted by atomic mass is 10.2. The lowest BCUT2D eigenvalue weighted by molar-refractivity contribution is 0.165. The molecule has 0 spiro atoms. The summed E-state index contributed by atoms with van der Waals surface area (Å²) in [5.74, 6) is 1.49. The molecule has 0 aliphatic heterocycles. The Morgan fingerprint density at radius 3 is 2.70 bits per heavy atom. The van der Waals surface area contributed by atoms with Crippen LogP contribution >= 0.6 is 0 Å². The molecule has 2 heterocycles. The van der Waals surface area contributed by atoms with Crippen molar-refractivity contribution in [3.63, 3.8) is 0 Å². The van der Waals surface area contributed by atoms with Crippen molar-refractivity contribution in [1.82, 2.24) is 9.71 Å². The highest BCUT2D eigenvalue weighted by Crippen LogP contribution is 2.25. The summed E-state index contributed by atoms with van der Waals surface area (Å²) in [4.78, 5) is 3.81. The highest BCUT2D eigenvalue weighted by molar-refractivity contribution is 7.89. The maximum Gasteiger partial charge on any atom is 0.246 e. The number of aryl methyl sites for hydroxylation is 1. The summed E-state index contributed by atoms with van der Waals surface area (Å²) in [6.07, 6.45) is 3.43. The van der Waals surface area contributed by atoms with Gasteiger partial charge in [-0.25, -0.2) is 8.42 Å². The van der Waals surface area contributed by atoms with Crippen molar-refractivity contribution in [2.24, 2.45) is 0 Å². The van der Waals surface area contributed by atoms with Crippen LogP contribution in [0.25, 0.3) is 0 Å². The predicted molar refractivity (Wildman–Crippen MR) is 83.8 cm³/mol. The molecule has 2 rings (SSSR count). The third-order valence-corrected chi connectivity index (χ3v) is 4.74. The van der Waals surface area contributed by atoms with Crippen molar-refractivity contribution in [3.05, 3.63) is 42.1 Å². The first-order chi connectivity index (χ1) is 11.0. The van der Waals surface area contributed by atoms with Gasteiger partial charge in [0.25, 0.3) is 0 Å². The van der Waals surface area contributed by atoms with Crippen LogP contribution in [0.5, 0.6) is 5.75 Å². The van der Waals surface area contributed by atoms with Gasteiger partial charge in [-0.05, 0) is 18.2 Å². The summed E-state index contributed by atoms with van der Waals surface area (Å²) in [5.41, 5.74) is 0. The molecule has 0 bridgehead atoms. The fourth-order valence-electron chi connectivity index (χ4n) is 2.10. The molecule has 0 saturated heterocycles. The minimum atomic E-state index is -3.85. The van der Waals surface area contributed by atoms with E-state index < -0.39 is 16.1 Å². The molecule has 0 fully saturated rings. The second-order valence-electron chi connectivity index (χ2n) is 4.81. The Labute approximate surface area is 135 Å². The molecule has 1 atom stereocenters. The molecule has 126 valence electrons. The van der Waals surface area contributed by atoms with E-state index in [1.165, 1.54) is 32.7 Å². The van der Waals surface area contributed by atoms with Crippen molar-refractivity contribution in [1.29, 1.82) is 0 Å². The van der Waals surface area contributed by atoms with E-state index in [1.807, 2.05) is 13.0 Å². The van der Waals surface area contributed by atoms with Gasteiger partial charge < -0.3 is 13.9 Å². The van der Waals surface area contributed by atoms with E-state index in [-0.39, 0.29) is 17.3 Å². The molecule has 0 aromatic carbocycles. The van der Waals surface area contributed by atoms with E-state index in [1.54, 1.807) is 6.07 Å². The fourth-order valence-corrected chi connectivity index (χ4v) is 3.40. The zero-order valence-corrected chi connectivity index (χ0v) is 14.1. The number of aromatic nitrogens is 1. The van der Waals surface area contributed by atoms with Gasteiger partial charge in [0, 0.05) is 19.7 Å². The number of furan rings is 1. The molecule has 0 saturated carbocycles. The molecular formula is C15H20N2O5S. The molecule has 2 aromatic heterocycles. The first-order valence-electron chi connectivity index (χ1n) is 7.09. The molecule has 8 heteroatoms. The van der Waals surface area contributed by atoms with Crippen molar-refractivity contribution in [3.8, 4) is 5.75 Å². The average molecular weight is 340 g/mol. The highest BCUT2D eigenvalue weighted by Gasteiger charge is 2.26. The number of hydrogen-bond acceptors (Lipinski definition) is 6. The van der Waals surface area contributed by atoms with Crippen LogP contribution in [0.4, 0.5) is 0 Å². The van der Waals surface area contributed by atoms with E-state index in [9.17, 15) is 8.42 Å². The SMILES string of the molecule is CCc1ccc(C(COC)NS(=O)(=O)c2cnccc2OC)o1. The predicted octanol–water partition coefficient (Wildman–Crippen LogP) is 1.91. The van der Waals surface area contributed by atoms with Crippen LogP contribution in [0.15, 0.2) is 39.9 Å². The Bertz CT molecular complexity index is 742. The zero-order chi connectivity index (χ0) is 16.9. The maximum atomic E-state index is 12.6. The lowest BCUT2D eigenvalue weighted by Crippen LogP contribution is -2.31. The topological polar surface area (TPSA) is 90.7 Å². The molecule has 7 nitrogen and oxygen atoms in total. The standard InChI is InChI=1S/C15H20N2O5S/c1-4-11-5-6-13(22-11)12(10-20-2)17-23(18,19)15-9-16-8-7-14(15)21-3/h5-9,12,17H,4,10H2,1-3H3. The highest BCUT2D eigenvalue weighted by atomic mass is 32.2. The second-order valence-corrected chi connectivity index (χ2v) is 6.50. The van der Waals surface area contributed by atoms with Gasteiger partial charge in [-0.15, -0.1) is 0 Å². The van der Waals surface area contributed by atoms with Crippen molar-refractivity contribution in [2.45, 2.75) is 24.3 Å². The minimum Gasteiger partial charge on any atom is -0.495 e. The van der Waals surface area contributed by atoms with Crippen molar-refractivity contribution < 1.29 is 22.3 Å². The van der Waals surface area contributed by atoms with E-state index in [4.69, 9.17) is 13.9 Å². The maximum absolute atomic E-state index is 12.6. The number of nitrogens with one attached hydrogen (secondary N) is 1. The van der Waals surface area contributed by atoms with Gasteiger partial charge in [0.1, 0.15) is 28.2 Å². The van der Waals surface area contributed by atoms with E-state index in [2.05, 4.69) is 9.71 Å². The van der Waals surface area contributed by atoms with Gasteiger partial charge in [0.15, 0.2) is 0 Å². The lowest BCUT2D eigenvalue weighted by Gasteiger charge is -2.17. The number of pyridine rings is 1. The molecule has 0 amide bonds. The number of methoxy groups -OCH3 is 2. The smallest absolute Gasteiger partial charge is 0.246 e. The molecule has 23 heavy (non-hydrogen) atoms. The van der Waals surface area contributed by atoms with Gasteiger partial charge in [0.05, 0.1) is 19.9 Å². The third-order valence-electron chi connectivity index (χ3n) is 3.26. The summed E-state index contributed by atoms with van der Waals surface area (Å²) >= 11 is 0. The minimum absolute atomic E-state index is 0.0362. The van der Waals surface area contributed by atoms with E-state index in [0.29, 0.717) is 5.76 Å². The monoisotopic (exact) mass is 340 g/mol. The van der Waals surface area contributed by atoms with E-state index >= 15 is 0 Å². The molecular weight excluding hydrogens is 320 g/mol. The van der Waals surface area contributed by atoms with E-state index in [0.717, 1.165) is 12.2 Å². The number of rotatable bonds is 8. The Morgan fingerprint density at radius 2 is 2.09 bits per heavy atom. The summed E-state index contributed by atoms with van der Waals surface area (Å²) < 4.78 is 43.6. The van der Waals surface area contributed by atoms with Crippen LogP contribution in [-0.4, -0.2) is 34.2 Å². The summed E-state index contributed by atoms with van der Waals surface area (Å²) in [7, 11) is -0.948. The summed E-state index contributed by atoms with van der Waals surface area (Å²) in [6.45, 7) is 2.09. The van der Waals surface area contributed by atoms with Crippen molar-refractivity contribution >= 4 is 10.0 Å². The molecule has 1 N–H and O–H groups in total. The van der Waals surface area contributed by atoms with Crippen LogP contribution in [0, 0.1) is 0 Å². The van der Waals surface area contributed by atoms with Crippen LogP contribution in [0.2, 0.25) is 0 Å². The van der Waals surface area contributed by atoms with Gasteiger partial charge >= 0.3 is 0 Å². The number of hydrogen-bond donors (Lipinski definition) is 1. The fraction of sp³-hybridized carbons (Fsp3) is 0.400. The third kappa shape index (κ3) is 4.10. The zero-order valence-electron chi connectivity index (χ0n) is 13.3. The summed E-state index contributed by atoms with van der Waals surface area (Å²) in [6, 6.07) is 4.40. The molecule has 0 radical (unpaired) electrons. The van der Waals surface area contributed by atoms with Crippen LogP contribution in [0.1, 0.15) is 24.5 Å². The first kappa shape index (κ1) is 17.5. The number of sulfonamides is 1. The van der Waals surface area contributed by atoms with Crippen molar-refractivity contribution in [2.75, 3.05) is 20.8 Å². The summed E-state index contributed by atoms with van der Waals surface area (Å²) in [5, 5.41) is 0. The molecule has 0 aliphatic rings. The van der Waals surface area contributed by atoms with Crippen LogP contribution < -0.4 is 9.46 Å². The molecule has 1 unspecified atom stereocenters. The number of ether oxygens (including phenoxy) is 2. The normalized spacial score (nSPS) is 13.0. The first-order valence-corrected chi connectivity index (χ1v) is 8.58. The Morgan fingerprint density at radius 1 is 1.30 bits per heavy atom. The molecule has 0 aliphatic carbocycles. The number of nitrogens with zero attached hydrogens (tertiary/aromatic N) is 1. The van der Waals surface area contributed by atoms with Gasteiger partial charge in [-0.3, -0.25) is 4.98 Å². The largest absolute Gasteiger partial charge is 0.495 e. The quantitative estimate of drug-likeness (QED) is 0.789. The van der Waals surface area contributed by atoms with Gasteiger partial charge in [-0.1, -0.05) is 6.92 Å². The molecule has 2 aromatic rings. The van der Waals surface area contributed by atoms with Gasteiger partial charge in [0.2, 0.25) is 10.0 Å². The average Bonchev–Trinajstić information content (AvgIpc) is 3.03. The van der Waals surface area contributed by atoms with Crippen LogP contribution in [0.3, 0.4) is 0 Å². The van der Waals surface area contributed by atoms with Gasteiger partial charge in [-0.2, -0.15) is 4.72 Å². The Kier molecular flexibility index (Phi) is 5.75. The Balaban J connectivity index is 2.31. The second kappa shape index (κ2) is 7.58.